The number of aryl methyl sites for hydroxylation is 1. The van der Waals surface area contributed by atoms with Crippen LogP contribution >= 0.6 is 0 Å². The number of fused-ring (bicyclic) bond motifs is 1. The summed E-state index contributed by atoms with van der Waals surface area (Å²) in [4.78, 5) is 0. The summed E-state index contributed by atoms with van der Waals surface area (Å²) < 4.78 is 0. The van der Waals surface area contributed by atoms with Crippen LogP contribution in [-0.4, -0.2) is 7.85 Å². The summed E-state index contributed by atoms with van der Waals surface area (Å²) in [6.07, 6.45) is 0. The van der Waals surface area contributed by atoms with E-state index in [0.717, 1.165) is 12.0 Å². The van der Waals surface area contributed by atoms with Gasteiger partial charge in [0, 0.05) is 12.2 Å². The molecular weight excluding hydrogens is 157 g/mol. The van der Waals surface area contributed by atoms with Crippen molar-refractivity contribution >= 4 is 19.0 Å². The van der Waals surface area contributed by atoms with Crippen LogP contribution in [-0.2, 0) is 6.54 Å². The molecule has 66 valence electrons. The van der Waals surface area contributed by atoms with E-state index in [-0.39, 0.29) is 0 Å². The van der Waals surface area contributed by atoms with Gasteiger partial charge < -0.3 is 5.32 Å². The van der Waals surface area contributed by atoms with Gasteiger partial charge in [-0.3, -0.25) is 0 Å². The summed E-state index contributed by atoms with van der Waals surface area (Å²) in [5, 5.41) is 3.30. The maximum atomic E-state index is 6.06. The largest absolute Gasteiger partial charge is 0.381 e. The fourth-order valence-electron chi connectivity index (χ4n) is 1.99. The summed E-state index contributed by atoms with van der Waals surface area (Å²) in [5.74, 6) is 0.524. The fourth-order valence-corrected chi connectivity index (χ4v) is 1.99. The molecule has 0 spiro atoms. The minimum atomic E-state index is 0.524. The zero-order chi connectivity index (χ0) is 9.59. The molecular formula is C11H14BN. The van der Waals surface area contributed by atoms with Gasteiger partial charge in [0.1, 0.15) is 7.85 Å². The van der Waals surface area contributed by atoms with Gasteiger partial charge in [0.2, 0.25) is 0 Å². The van der Waals surface area contributed by atoms with Gasteiger partial charge in [-0.2, -0.15) is 0 Å². The van der Waals surface area contributed by atoms with Gasteiger partial charge in [0.25, 0.3) is 0 Å². The molecule has 2 rings (SSSR count). The van der Waals surface area contributed by atoms with Crippen molar-refractivity contribution in [2.75, 3.05) is 5.32 Å². The highest BCUT2D eigenvalue weighted by molar-refractivity contribution is 6.34. The Morgan fingerprint density at radius 1 is 1.46 bits per heavy atom. The average molecular weight is 171 g/mol. The van der Waals surface area contributed by atoms with E-state index in [1.807, 2.05) is 0 Å². The van der Waals surface area contributed by atoms with Gasteiger partial charge in [0.05, 0.1) is 0 Å². The Morgan fingerprint density at radius 2 is 2.15 bits per heavy atom. The maximum absolute atomic E-state index is 6.06. The first-order valence-corrected chi connectivity index (χ1v) is 4.77. The standard InChI is InChI=1S/C11H14BN/c1-6(2)10-8-5-13-9(8)4-7(3)11(10)12/h4,6,13H,5H2,1-3H3. The molecule has 13 heavy (non-hydrogen) atoms. The molecule has 0 bridgehead atoms. The van der Waals surface area contributed by atoms with Crippen LogP contribution in [0.25, 0.3) is 0 Å². The lowest BCUT2D eigenvalue weighted by atomic mass is 9.77. The van der Waals surface area contributed by atoms with Crippen molar-refractivity contribution in [2.45, 2.75) is 33.2 Å². The molecule has 1 heterocycles. The lowest BCUT2D eigenvalue weighted by molar-refractivity contribution is 0.837. The second kappa shape index (κ2) is 2.79. The quantitative estimate of drug-likeness (QED) is 0.635. The normalized spacial score (nSPS) is 13.5. The number of rotatable bonds is 1. The molecule has 0 amide bonds. The van der Waals surface area contributed by atoms with E-state index in [1.54, 1.807) is 0 Å². The Bertz CT molecular complexity index is 341. The van der Waals surface area contributed by atoms with Crippen LogP contribution in [0, 0.1) is 6.92 Å². The predicted octanol–water partition coefficient (Wildman–Crippen LogP) is 1.84. The Balaban J connectivity index is 2.64. The van der Waals surface area contributed by atoms with E-state index < -0.39 is 0 Å². The first-order chi connectivity index (χ1) is 6.11. The molecule has 2 heteroatoms. The molecule has 0 fully saturated rings. The van der Waals surface area contributed by atoms with Crippen LogP contribution in [0.15, 0.2) is 6.07 Å². The Hall–Kier alpha value is -0.915. The van der Waals surface area contributed by atoms with Gasteiger partial charge >= 0.3 is 0 Å². The van der Waals surface area contributed by atoms with E-state index in [0.29, 0.717) is 5.92 Å². The number of hydrogen-bond acceptors (Lipinski definition) is 1. The second-order valence-electron chi connectivity index (χ2n) is 4.06. The van der Waals surface area contributed by atoms with Gasteiger partial charge in [-0.15, -0.1) is 0 Å². The zero-order valence-corrected chi connectivity index (χ0v) is 8.44. The van der Waals surface area contributed by atoms with Gasteiger partial charge in [-0.25, -0.2) is 0 Å². The highest BCUT2D eigenvalue weighted by atomic mass is 14.9. The molecule has 0 saturated carbocycles. The molecule has 1 nitrogen and oxygen atoms in total. The topological polar surface area (TPSA) is 12.0 Å². The summed E-state index contributed by atoms with van der Waals surface area (Å²) in [5.41, 5.74) is 6.20. The summed E-state index contributed by atoms with van der Waals surface area (Å²) in [6, 6.07) is 2.14. The van der Waals surface area contributed by atoms with Gasteiger partial charge in [0.15, 0.2) is 0 Å². The monoisotopic (exact) mass is 171 g/mol. The van der Waals surface area contributed by atoms with Crippen LogP contribution in [0.5, 0.6) is 0 Å². The SMILES string of the molecule is [B]c1c(C)cc2c(c1C(C)C)CN2. The second-order valence-corrected chi connectivity index (χ2v) is 4.06. The Morgan fingerprint density at radius 3 is 2.62 bits per heavy atom. The molecule has 1 aliphatic rings. The third-order valence-corrected chi connectivity index (χ3v) is 2.76. The van der Waals surface area contributed by atoms with Crippen molar-refractivity contribution in [1.82, 2.24) is 0 Å². The predicted molar refractivity (Wildman–Crippen MR) is 58.0 cm³/mol. The Labute approximate surface area is 81.0 Å². The van der Waals surface area contributed by atoms with Crippen molar-refractivity contribution in [3.63, 3.8) is 0 Å². The molecule has 1 aromatic rings. The Kier molecular flexibility index (Phi) is 1.86. The van der Waals surface area contributed by atoms with Crippen molar-refractivity contribution in [1.29, 1.82) is 0 Å². The lowest BCUT2D eigenvalue weighted by Gasteiger charge is -2.29. The average Bonchev–Trinajstić information content (AvgIpc) is 2.03. The van der Waals surface area contributed by atoms with Crippen LogP contribution in [0.2, 0.25) is 0 Å². The van der Waals surface area contributed by atoms with Crippen molar-refractivity contribution in [2.24, 2.45) is 0 Å². The summed E-state index contributed by atoms with van der Waals surface area (Å²) in [7, 11) is 6.06. The number of nitrogens with one attached hydrogen (secondary N) is 1. The van der Waals surface area contributed by atoms with E-state index in [2.05, 4.69) is 32.2 Å². The smallest absolute Gasteiger partial charge is 0.114 e. The van der Waals surface area contributed by atoms with Crippen LogP contribution in [0.3, 0.4) is 0 Å². The van der Waals surface area contributed by atoms with Crippen LogP contribution < -0.4 is 10.8 Å². The molecule has 1 aliphatic heterocycles. The van der Waals surface area contributed by atoms with Crippen molar-refractivity contribution in [3.05, 3.63) is 22.8 Å². The minimum absolute atomic E-state index is 0.524. The number of hydrogen-bond donors (Lipinski definition) is 1. The van der Waals surface area contributed by atoms with Crippen molar-refractivity contribution < 1.29 is 0 Å². The third-order valence-electron chi connectivity index (χ3n) is 2.76. The molecule has 2 radical (unpaired) electrons. The van der Waals surface area contributed by atoms with Crippen molar-refractivity contribution in [3.8, 4) is 0 Å². The van der Waals surface area contributed by atoms with E-state index in [1.165, 1.54) is 22.4 Å². The number of benzene rings is 1. The minimum Gasteiger partial charge on any atom is -0.381 e. The van der Waals surface area contributed by atoms with E-state index in [4.69, 9.17) is 7.85 Å². The summed E-state index contributed by atoms with van der Waals surface area (Å²) >= 11 is 0. The fraction of sp³-hybridized carbons (Fsp3) is 0.455. The van der Waals surface area contributed by atoms with Gasteiger partial charge in [-0.1, -0.05) is 24.9 Å². The lowest BCUT2D eigenvalue weighted by Crippen LogP contribution is -2.26. The zero-order valence-electron chi connectivity index (χ0n) is 8.44. The molecule has 0 unspecified atom stereocenters. The highest BCUT2D eigenvalue weighted by Crippen LogP contribution is 2.32. The van der Waals surface area contributed by atoms with Gasteiger partial charge in [-0.05, 0) is 30.0 Å². The molecule has 0 atom stereocenters. The molecule has 0 aromatic heterocycles. The molecule has 0 saturated heterocycles. The van der Waals surface area contributed by atoms with Crippen LogP contribution in [0.1, 0.15) is 36.5 Å². The summed E-state index contributed by atoms with van der Waals surface area (Å²) in [6.45, 7) is 7.45. The maximum Gasteiger partial charge on any atom is 0.114 e. The first kappa shape index (κ1) is 8.67. The third kappa shape index (κ3) is 1.16. The van der Waals surface area contributed by atoms with E-state index >= 15 is 0 Å². The van der Waals surface area contributed by atoms with E-state index in [9.17, 15) is 0 Å². The highest BCUT2D eigenvalue weighted by Gasteiger charge is 2.20. The molecule has 1 N–H and O–H groups in total. The first-order valence-electron chi connectivity index (χ1n) is 4.77. The molecule has 0 aliphatic carbocycles. The van der Waals surface area contributed by atoms with Crippen LogP contribution in [0.4, 0.5) is 5.69 Å². The number of anilines is 1. The molecule has 1 aromatic carbocycles.